The van der Waals surface area contributed by atoms with Crippen LogP contribution in [0.15, 0.2) is 0 Å². The summed E-state index contributed by atoms with van der Waals surface area (Å²) in [4.78, 5) is 22.3. The van der Waals surface area contributed by atoms with Gasteiger partial charge in [0.25, 0.3) is 0 Å². The zero-order valence-corrected chi connectivity index (χ0v) is 9.04. The highest BCUT2D eigenvalue weighted by molar-refractivity contribution is 5.94. The summed E-state index contributed by atoms with van der Waals surface area (Å²) < 4.78 is 9.56. The van der Waals surface area contributed by atoms with E-state index in [2.05, 4.69) is 0 Å². The fraction of sp³-hybridized carbons (Fsp3) is 0.800. The largest absolute Gasteiger partial charge is 0.465 e. The van der Waals surface area contributed by atoms with Gasteiger partial charge >= 0.3 is 11.9 Å². The van der Waals surface area contributed by atoms with Gasteiger partial charge in [0.1, 0.15) is 0 Å². The monoisotopic (exact) mass is 202 g/mol. The Morgan fingerprint density at radius 1 is 1.14 bits per heavy atom. The van der Waals surface area contributed by atoms with E-state index >= 15 is 0 Å². The minimum Gasteiger partial charge on any atom is -0.465 e. The Morgan fingerprint density at radius 3 is 2.21 bits per heavy atom. The molecule has 0 radical (unpaired) electrons. The Kier molecular flexibility index (Phi) is 6.80. The third-order valence-electron chi connectivity index (χ3n) is 1.74. The van der Waals surface area contributed by atoms with Gasteiger partial charge in [0.15, 0.2) is 5.92 Å². The molecule has 1 unspecified atom stereocenters. The molecular formula is C10H18O4. The molecule has 4 heteroatoms. The van der Waals surface area contributed by atoms with Crippen LogP contribution in [0.2, 0.25) is 0 Å². The number of carbonyl (C=O) groups is 2. The van der Waals surface area contributed by atoms with Crippen molar-refractivity contribution >= 4 is 11.9 Å². The van der Waals surface area contributed by atoms with Crippen LogP contribution in [0.5, 0.6) is 0 Å². The van der Waals surface area contributed by atoms with Crippen molar-refractivity contribution in [1.29, 1.82) is 0 Å². The topological polar surface area (TPSA) is 52.6 Å². The van der Waals surface area contributed by atoms with E-state index in [4.69, 9.17) is 9.47 Å². The van der Waals surface area contributed by atoms with E-state index in [1.165, 1.54) is 6.92 Å². The van der Waals surface area contributed by atoms with E-state index in [0.29, 0.717) is 6.61 Å². The van der Waals surface area contributed by atoms with Crippen molar-refractivity contribution < 1.29 is 19.1 Å². The molecule has 0 heterocycles. The van der Waals surface area contributed by atoms with Crippen LogP contribution in [0.3, 0.4) is 0 Å². The summed E-state index contributed by atoms with van der Waals surface area (Å²) in [5.41, 5.74) is 0. The molecular weight excluding hydrogens is 184 g/mol. The molecule has 1 atom stereocenters. The molecule has 0 saturated carbocycles. The van der Waals surface area contributed by atoms with Crippen LogP contribution < -0.4 is 0 Å². The third-order valence-corrected chi connectivity index (χ3v) is 1.74. The van der Waals surface area contributed by atoms with Gasteiger partial charge < -0.3 is 9.47 Å². The van der Waals surface area contributed by atoms with E-state index in [9.17, 15) is 9.59 Å². The molecule has 0 amide bonds. The Labute approximate surface area is 84.6 Å². The van der Waals surface area contributed by atoms with Gasteiger partial charge in [0.05, 0.1) is 13.2 Å². The van der Waals surface area contributed by atoms with Crippen molar-refractivity contribution in [2.45, 2.75) is 33.6 Å². The van der Waals surface area contributed by atoms with Gasteiger partial charge in [-0.05, 0) is 20.3 Å². The molecule has 0 aromatic heterocycles. The zero-order valence-electron chi connectivity index (χ0n) is 9.04. The van der Waals surface area contributed by atoms with Crippen LogP contribution in [-0.2, 0) is 19.1 Å². The predicted molar refractivity (Wildman–Crippen MR) is 51.7 cm³/mol. The smallest absolute Gasteiger partial charge is 0.320 e. The van der Waals surface area contributed by atoms with Crippen LogP contribution in [0.4, 0.5) is 0 Å². The van der Waals surface area contributed by atoms with Crippen LogP contribution in [0.25, 0.3) is 0 Å². The van der Waals surface area contributed by atoms with E-state index < -0.39 is 17.9 Å². The van der Waals surface area contributed by atoms with Crippen molar-refractivity contribution in [1.82, 2.24) is 0 Å². The summed E-state index contributed by atoms with van der Waals surface area (Å²) in [7, 11) is 0. The van der Waals surface area contributed by atoms with Crippen molar-refractivity contribution in [2.75, 3.05) is 13.2 Å². The predicted octanol–water partition coefficient (Wildman–Crippen LogP) is 1.53. The number of esters is 2. The van der Waals surface area contributed by atoms with Gasteiger partial charge in [-0.2, -0.15) is 0 Å². The molecule has 0 aliphatic carbocycles. The summed E-state index contributed by atoms with van der Waals surface area (Å²) in [6.45, 7) is 5.85. The quantitative estimate of drug-likeness (QED) is 0.372. The zero-order chi connectivity index (χ0) is 11.0. The highest BCUT2D eigenvalue weighted by Gasteiger charge is 2.23. The molecule has 4 nitrogen and oxygen atoms in total. The van der Waals surface area contributed by atoms with Crippen LogP contribution in [0.1, 0.15) is 33.6 Å². The Balaban J connectivity index is 3.80. The van der Waals surface area contributed by atoms with Gasteiger partial charge in [0.2, 0.25) is 0 Å². The van der Waals surface area contributed by atoms with Crippen molar-refractivity contribution in [3.8, 4) is 0 Å². The van der Waals surface area contributed by atoms with Crippen molar-refractivity contribution in [2.24, 2.45) is 5.92 Å². The average Bonchev–Trinajstić information content (AvgIpc) is 2.17. The highest BCUT2D eigenvalue weighted by Crippen LogP contribution is 2.02. The Bertz CT molecular complexity index is 189. The second kappa shape index (κ2) is 7.35. The summed E-state index contributed by atoms with van der Waals surface area (Å²) >= 11 is 0. The first-order valence-electron chi connectivity index (χ1n) is 4.96. The first-order chi connectivity index (χ1) is 6.63. The van der Waals surface area contributed by atoms with E-state index in [1.807, 2.05) is 6.92 Å². The second-order valence-corrected chi connectivity index (χ2v) is 2.99. The molecule has 0 aliphatic heterocycles. The van der Waals surface area contributed by atoms with Crippen molar-refractivity contribution in [3.05, 3.63) is 0 Å². The Hall–Kier alpha value is -1.06. The van der Waals surface area contributed by atoms with Crippen molar-refractivity contribution in [3.63, 3.8) is 0 Å². The third kappa shape index (κ3) is 4.84. The molecule has 0 spiro atoms. The number of hydrogen-bond acceptors (Lipinski definition) is 4. The second-order valence-electron chi connectivity index (χ2n) is 2.99. The highest BCUT2D eigenvalue weighted by atomic mass is 16.6. The minimum atomic E-state index is -0.813. The lowest BCUT2D eigenvalue weighted by Crippen LogP contribution is -2.25. The fourth-order valence-electron chi connectivity index (χ4n) is 0.806. The van der Waals surface area contributed by atoms with E-state index in [0.717, 1.165) is 12.8 Å². The maximum Gasteiger partial charge on any atom is 0.320 e. The molecule has 82 valence electrons. The molecule has 0 fully saturated rings. The number of unbranched alkanes of at least 4 members (excludes halogenated alkanes) is 1. The molecule has 0 saturated heterocycles. The normalized spacial score (nSPS) is 11.9. The number of hydrogen-bond donors (Lipinski definition) is 0. The Morgan fingerprint density at radius 2 is 1.71 bits per heavy atom. The summed E-state index contributed by atoms with van der Waals surface area (Å²) in [6.07, 6.45) is 1.78. The maximum atomic E-state index is 11.2. The number of carbonyl (C=O) groups excluding carboxylic acids is 2. The number of rotatable bonds is 6. The SMILES string of the molecule is CCCCOC(=O)C(C)C(=O)OCC. The standard InChI is InChI=1S/C10H18O4/c1-4-6-7-14-10(12)8(3)9(11)13-5-2/h8H,4-7H2,1-3H3. The van der Waals surface area contributed by atoms with Gasteiger partial charge in [0, 0.05) is 0 Å². The molecule has 0 aromatic carbocycles. The number of ether oxygens (including phenoxy) is 2. The lowest BCUT2D eigenvalue weighted by molar-refractivity contribution is -0.160. The van der Waals surface area contributed by atoms with E-state index in [-0.39, 0.29) is 6.61 Å². The van der Waals surface area contributed by atoms with Gasteiger partial charge in [-0.1, -0.05) is 13.3 Å². The molecule has 0 aromatic rings. The van der Waals surface area contributed by atoms with Crippen LogP contribution in [0, 0.1) is 5.92 Å². The summed E-state index contributed by atoms with van der Waals surface area (Å²) in [5.74, 6) is -1.84. The van der Waals surface area contributed by atoms with Gasteiger partial charge in [-0.15, -0.1) is 0 Å². The lowest BCUT2D eigenvalue weighted by Gasteiger charge is -2.09. The minimum absolute atomic E-state index is 0.283. The first kappa shape index (κ1) is 12.9. The molecule has 0 rings (SSSR count). The van der Waals surface area contributed by atoms with Gasteiger partial charge in [-0.25, -0.2) is 0 Å². The van der Waals surface area contributed by atoms with E-state index in [1.54, 1.807) is 6.92 Å². The molecule has 0 N–H and O–H groups in total. The lowest BCUT2D eigenvalue weighted by atomic mass is 10.2. The maximum absolute atomic E-state index is 11.2. The fourth-order valence-corrected chi connectivity index (χ4v) is 0.806. The van der Waals surface area contributed by atoms with Gasteiger partial charge in [-0.3, -0.25) is 9.59 Å². The summed E-state index contributed by atoms with van der Waals surface area (Å²) in [6, 6.07) is 0. The molecule has 0 aliphatic rings. The molecule has 0 bridgehead atoms. The van der Waals surface area contributed by atoms with Crippen LogP contribution >= 0.6 is 0 Å². The summed E-state index contributed by atoms with van der Waals surface area (Å²) in [5, 5.41) is 0. The first-order valence-corrected chi connectivity index (χ1v) is 4.96. The van der Waals surface area contributed by atoms with Crippen LogP contribution in [-0.4, -0.2) is 25.2 Å². The average molecular weight is 202 g/mol. The molecule has 14 heavy (non-hydrogen) atoms.